The molecule has 1 aromatic carbocycles. The largest absolute Gasteiger partial charge is 0.314 e. The van der Waals surface area contributed by atoms with Crippen LogP contribution in [-0.2, 0) is 0 Å². The van der Waals surface area contributed by atoms with Gasteiger partial charge in [0.15, 0.2) is 0 Å². The highest BCUT2D eigenvalue weighted by molar-refractivity contribution is 5.22. The normalized spacial score (nSPS) is 13.0. The molecule has 0 radical (unpaired) electrons. The van der Waals surface area contributed by atoms with Crippen LogP contribution >= 0.6 is 0 Å². The van der Waals surface area contributed by atoms with Crippen molar-refractivity contribution in [1.82, 2.24) is 5.32 Å². The van der Waals surface area contributed by atoms with Gasteiger partial charge in [-0.3, -0.25) is 0 Å². The number of hydrogen-bond donors (Lipinski definition) is 1. The predicted molar refractivity (Wildman–Crippen MR) is 71.8 cm³/mol. The third-order valence-electron chi connectivity index (χ3n) is 3.02. The van der Waals surface area contributed by atoms with E-state index in [2.05, 4.69) is 26.1 Å². The van der Waals surface area contributed by atoms with Crippen molar-refractivity contribution in [2.75, 3.05) is 6.54 Å². The van der Waals surface area contributed by atoms with Crippen LogP contribution < -0.4 is 5.32 Å². The van der Waals surface area contributed by atoms with Crippen molar-refractivity contribution >= 4 is 0 Å². The lowest BCUT2D eigenvalue weighted by atomic mass is 9.93. The third-order valence-corrected chi connectivity index (χ3v) is 3.02. The summed E-state index contributed by atoms with van der Waals surface area (Å²) in [7, 11) is 0. The van der Waals surface area contributed by atoms with Crippen LogP contribution in [0.15, 0.2) is 24.3 Å². The summed E-state index contributed by atoms with van der Waals surface area (Å²) in [5.41, 5.74) is 0.856. The summed E-state index contributed by atoms with van der Waals surface area (Å²) in [6.07, 6.45) is 3.36. The Hall–Kier alpha value is -0.890. The average Bonchev–Trinajstić information content (AvgIpc) is 2.30. The Bertz CT molecular complexity index is 322. The maximum absolute atomic E-state index is 13.8. The van der Waals surface area contributed by atoms with Gasteiger partial charge in [0.25, 0.3) is 0 Å². The third kappa shape index (κ3) is 4.86. The monoisotopic (exact) mass is 237 g/mol. The molecule has 2 heteroatoms. The lowest BCUT2D eigenvalue weighted by Crippen LogP contribution is -2.28. The van der Waals surface area contributed by atoms with Gasteiger partial charge in [0.05, 0.1) is 0 Å². The zero-order valence-corrected chi connectivity index (χ0v) is 11.2. The lowest BCUT2D eigenvalue weighted by Gasteiger charge is -2.20. The molecule has 1 atom stereocenters. The minimum atomic E-state index is -0.0702. The van der Waals surface area contributed by atoms with Gasteiger partial charge in [0.1, 0.15) is 5.82 Å². The maximum atomic E-state index is 13.8. The molecule has 1 rings (SSSR count). The predicted octanol–water partition coefficient (Wildman–Crippen LogP) is 4.10. The molecule has 0 saturated heterocycles. The topological polar surface area (TPSA) is 12.0 Å². The van der Waals surface area contributed by atoms with Gasteiger partial charge >= 0.3 is 0 Å². The number of halogens is 1. The van der Waals surface area contributed by atoms with Crippen molar-refractivity contribution in [1.29, 1.82) is 0 Å². The molecule has 0 aliphatic heterocycles. The summed E-state index contributed by atoms with van der Waals surface area (Å²) in [4.78, 5) is 0. The highest BCUT2D eigenvalue weighted by Crippen LogP contribution is 2.24. The second kappa shape index (κ2) is 7.44. The number of nitrogens with one attached hydrogen (secondary N) is 1. The molecule has 0 saturated carbocycles. The maximum Gasteiger partial charge on any atom is 0.126 e. The molecule has 0 aromatic heterocycles. The summed E-state index contributed by atoms with van der Waals surface area (Å²) in [5, 5.41) is 3.41. The molecule has 0 amide bonds. The van der Waals surface area contributed by atoms with E-state index in [9.17, 15) is 4.39 Å². The summed E-state index contributed by atoms with van der Waals surface area (Å²) >= 11 is 0. The van der Waals surface area contributed by atoms with Gasteiger partial charge in [0, 0.05) is 12.6 Å². The molecule has 1 nitrogen and oxygen atoms in total. The molecule has 0 aliphatic carbocycles. The minimum Gasteiger partial charge on any atom is -0.314 e. The van der Waals surface area contributed by atoms with E-state index in [1.54, 1.807) is 12.1 Å². The van der Waals surface area contributed by atoms with Crippen molar-refractivity contribution < 1.29 is 4.39 Å². The molecule has 0 aliphatic rings. The van der Waals surface area contributed by atoms with E-state index in [0.717, 1.165) is 31.4 Å². The fourth-order valence-electron chi connectivity index (χ4n) is 2.00. The van der Waals surface area contributed by atoms with E-state index in [1.165, 1.54) is 0 Å². The zero-order chi connectivity index (χ0) is 12.7. The summed E-state index contributed by atoms with van der Waals surface area (Å²) < 4.78 is 13.8. The molecule has 0 bridgehead atoms. The van der Waals surface area contributed by atoms with Crippen LogP contribution in [0.2, 0.25) is 0 Å². The Morgan fingerprint density at radius 2 is 1.94 bits per heavy atom. The minimum absolute atomic E-state index is 0.0702. The molecule has 0 spiro atoms. The second-order valence-corrected chi connectivity index (χ2v) is 4.92. The second-order valence-electron chi connectivity index (χ2n) is 4.92. The van der Waals surface area contributed by atoms with Crippen LogP contribution in [-0.4, -0.2) is 12.6 Å². The molecule has 1 N–H and O–H groups in total. The van der Waals surface area contributed by atoms with Gasteiger partial charge in [-0.05, 0) is 24.0 Å². The van der Waals surface area contributed by atoms with Crippen molar-refractivity contribution in [3.63, 3.8) is 0 Å². The van der Waals surface area contributed by atoms with Gasteiger partial charge in [-0.15, -0.1) is 0 Å². The smallest absolute Gasteiger partial charge is 0.126 e. The Labute approximate surface area is 104 Å². The van der Waals surface area contributed by atoms with Crippen molar-refractivity contribution in [3.05, 3.63) is 35.6 Å². The molecule has 1 unspecified atom stereocenters. The van der Waals surface area contributed by atoms with E-state index < -0.39 is 0 Å². The SMILES string of the molecule is CCCCC(CNC(C)C)c1ccccc1F. The quantitative estimate of drug-likeness (QED) is 0.753. The van der Waals surface area contributed by atoms with Gasteiger partial charge in [0.2, 0.25) is 0 Å². The fourth-order valence-corrected chi connectivity index (χ4v) is 2.00. The first-order valence-electron chi connectivity index (χ1n) is 6.63. The molecule has 0 fully saturated rings. The first kappa shape index (κ1) is 14.2. The van der Waals surface area contributed by atoms with Crippen LogP contribution in [0, 0.1) is 5.82 Å². The summed E-state index contributed by atoms with van der Waals surface area (Å²) in [6.45, 7) is 7.28. The Balaban J connectivity index is 2.71. The van der Waals surface area contributed by atoms with Gasteiger partial charge in [-0.2, -0.15) is 0 Å². The Morgan fingerprint density at radius 1 is 1.24 bits per heavy atom. The summed E-state index contributed by atoms with van der Waals surface area (Å²) in [6, 6.07) is 7.60. The molecular weight excluding hydrogens is 213 g/mol. The highest BCUT2D eigenvalue weighted by atomic mass is 19.1. The number of benzene rings is 1. The molecule has 0 heterocycles. The van der Waals surface area contributed by atoms with E-state index in [-0.39, 0.29) is 5.82 Å². The summed E-state index contributed by atoms with van der Waals surface area (Å²) in [5.74, 6) is 0.220. The first-order chi connectivity index (χ1) is 8.15. The Kier molecular flexibility index (Phi) is 6.20. The molecule has 17 heavy (non-hydrogen) atoms. The van der Waals surface area contributed by atoms with Crippen molar-refractivity contribution in [2.45, 2.75) is 52.0 Å². The van der Waals surface area contributed by atoms with Crippen LogP contribution in [0.4, 0.5) is 4.39 Å². The highest BCUT2D eigenvalue weighted by Gasteiger charge is 2.14. The van der Waals surface area contributed by atoms with Crippen molar-refractivity contribution in [3.8, 4) is 0 Å². The van der Waals surface area contributed by atoms with E-state index in [1.807, 2.05) is 12.1 Å². The molecular formula is C15H24FN. The van der Waals surface area contributed by atoms with E-state index in [4.69, 9.17) is 0 Å². The fraction of sp³-hybridized carbons (Fsp3) is 0.600. The molecule has 96 valence electrons. The number of hydrogen-bond acceptors (Lipinski definition) is 1. The van der Waals surface area contributed by atoms with Crippen LogP contribution in [0.1, 0.15) is 51.5 Å². The van der Waals surface area contributed by atoms with Crippen LogP contribution in [0.3, 0.4) is 0 Å². The number of rotatable bonds is 7. The lowest BCUT2D eigenvalue weighted by molar-refractivity contribution is 0.477. The van der Waals surface area contributed by atoms with E-state index >= 15 is 0 Å². The van der Waals surface area contributed by atoms with E-state index in [0.29, 0.717) is 12.0 Å². The standard InChI is InChI=1S/C15H24FN/c1-4-5-8-13(11-17-12(2)3)14-9-6-7-10-15(14)16/h6-7,9-10,12-13,17H,4-5,8,11H2,1-3H3. The zero-order valence-electron chi connectivity index (χ0n) is 11.2. The van der Waals surface area contributed by atoms with Crippen LogP contribution in [0.5, 0.6) is 0 Å². The van der Waals surface area contributed by atoms with Gasteiger partial charge < -0.3 is 5.32 Å². The molecule has 1 aromatic rings. The van der Waals surface area contributed by atoms with Gasteiger partial charge in [-0.1, -0.05) is 51.8 Å². The van der Waals surface area contributed by atoms with Crippen LogP contribution in [0.25, 0.3) is 0 Å². The van der Waals surface area contributed by atoms with Gasteiger partial charge in [-0.25, -0.2) is 4.39 Å². The average molecular weight is 237 g/mol. The van der Waals surface area contributed by atoms with Crippen molar-refractivity contribution in [2.24, 2.45) is 0 Å². The Morgan fingerprint density at radius 3 is 2.53 bits per heavy atom. The first-order valence-corrected chi connectivity index (χ1v) is 6.63. The number of unbranched alkanes of at least 4 members (excludes halogenated alkanes) is 1.